The van der Waals surface area contributed by atoms with Gasteiger partial charge in [-0.1, -0.05) is 0 Å². The first-order chi connectivity index (χ1) is 18.3. The van der Waals surface area contributed by atoms with Crippen LogP contribution in [0.5, 0.6) is 0 Å². The number of Topliss-reactive ketones (excluding diaryl/α,β-unsaturated/α-hetero) is 1. The summed E-state index contributed by atoms with van der Waals surface area (Å²) in [5.41, 5.74) is 8.75. The van der Waals surface area contributed by atoms with Crippen molar-refractivity contribution >= 4 is 29.1 Å². The fourth-order valence-electron chi connectivity index (χ4n) is 6.43. The van der Waals surface area contributed by atoms with E-state index in [1.165, 1.54) is 12.8 Å². The number of carbonyl (C=O) groups is 3. The number of pyridine rings is 1. The highest BCUT2D eigenvalue weighted by Gasteiger charge is 2.42. The van der Waals surface area contributed by atoms with E-state index in [0.717, 1.165) is 49.9 Å². The molecule has 4 N–H and O–H groups in total. The van der Waals surface area contributed by atoms with Crippen molar-refractivity contribution in [1.29, 1.82) is 0 Å². The molecular weight excluding hydrogens is 478 g/mol. The van der Waals surface area contributed by atoms with E-state index in [1.807, 2.05) is 19.1 Å². The Morgan fingerprint density at radius 2 is 1.71 bits per heavy atom. The first-order valence-corrected chi connectivity index (χ1v) is 14.1. The number of nitrogens with one attached hydrogen (secondary N) is 2. The summed E-state index contributed by atoms with van der Waals surface area (Å²) in [6.45, 7) is 3.96. The van der Waals surface area contributed by atoms with Crippen LogP contribution < -0.4 is 21.3 Å². The fraction of sp³-hybridized carbons (Fsp3) is 0.533. The lowest BCUT2D eigenvalue weighted by Gasteiger charge is -2.40. The molecule has 3 unspecified atom stereocenters. The van der Waals surface area contributed by atoms with Gasteiger partial charge in [-0.15, -0.1) is 0 Å². The third-order valence-electron chi connectivity index (χ3n) is 8.90. The Labute approximate surface area is 223 Å². The van der Waals surface area contributed by atoms with Crippen molar-refractivity contribution in [1.82, 2.24) is 10.3 Å². The van der Waals surface area contributed by atoms with Crippen LogP contribution in [0.1, 0.15) is 94.9 Å². The zero-order valence-electron chi connectivity index (χ0n) is 22.2. The minimum absolute atomic E-state index is 0.0731. The number of ketones is 1. The average Bonchev–Trinajstić information content (AvgIpc) is 3.81. The zero-order chi connectivity index (χ0) is 26.6. The van der Waals surface area contributed by atoms with E-state index < -0.39 is 5.91 Å². The molecule has 2 saturated carbocycles. The van der Waals surface area contributed by atoms with Crippen LogP contribution in [0.3, 0.4) is 0 Å². The summed E-state index contributed by atoms with van der Waals surface area (Å²) in [6.07, 6.45) is 9.94. The second kappa shape index (κ2) is 9.71. The van der Waals surface area contributed by atoms with Crippen molar-refractivity contribution < 1.29 is 14.4 Å². The van der Waals surface area contributed by atoms with Gasteiger partial charge in [0.2, 0.25) is 0 Å². The maximum atomic E-state index is 13.4. The molecule has 8 nitrogen and oxygen atoms in total. The van der Waals surface area contributed by atoms with E-state index in [0.29, 0.717) is 40.4 Å². The van der Waals surface area contributed by atoms with Gasteiger partial charge in [-0.2, -0.15) is 0 Å². The molecule has 2 saturated heterocycles. The summed E-state index contributed by atoms with van der Waals surface area (Å²) in [6, 6.07) is 8.35. The molecule has 1 aromatic heterocycles. The summed E-state index contributed by atoms with van der Waals surface area (Å²) in [7, 11) is 0. The Morgan fingerprint density at radius 3 is 2.29 bits per heavy atom. The van der Waals surface area contributed by atoms with Gasteiger partial charge >= 0.3 is 0 Å². The maximum Gasteiger partial charge on any atom is 0.251 e. The predicted octanol–water partition coefficient (Wildman–Crippen LogP) is 4.22. The minimum Gasteiger partial charge on any atom is -0.382 e. The molecule has 4 aliphatic rings. The number of benzene rings is 1. The molecule has 1 aromatic carbocycles. The van der Waals surface area contributed by atoms with E-state index in [1.54, 1.807) is 18.3 Å². The lowest BCUT2D eigenvalue weighted by Crippen LogP contribution is -2.50. The van der Waals surface area contributed by atoms with Gasteiger partial charge in [-0.3, -0.25) is 14.4 Å². The van der Waals surface area contributed by atoms with Crippen LogP contribution in [-0.2, 0) is 0 Å². The second-order valence-corrected chi connectivity index (χ2v) is 11.8. The molecule has 38 heavy (non-hydrogen) atoms. The minimum atomic E-state index is -0.493. The summed E-state index contributed by atoms with van der Waals surface area (Å²) >= 11 is 0. The van der Waals surface area contributed by atoms with Gasteiger partial charge < -0.3 is 21.3 Å². The highest BCUT2D eigenvalue weighted by molar-refractivity contribution is 6.03. The van der Waals surface area contributed by atoms with Crippen LogP contribution in [0, 0.1) is 18.8 Å². The van der Waals surface area contributed by atoms with E-state index in [-0.39, 0.29) is 29.7 Å². The molecule has 2 aliphatic heterocycles. The predicted molar refractivity (Wildman–Crippen MR) is 147 cm³/mol. The van der Waals surface area contributed by atoms with Crippen LogP contribution in [0.2, 0.25) is 0 Å². The summed E-state index contributed by atoms with van der Waals surface area (Å²) in [5, 5.41) is 6.71. The van der Waals surface area contributed by atoms with Gasteiger partial charge in [-0.05, 0) is 101 Å². The number of piperidine rings is 1. The molecule has 3 heterocycles. The van der Waals surface area contributed by atoms with Crippen LogP contribution >= 0.6 is 0 Å². The fourth-order valence-corrected chi connectivity index (χ4v) is 6.43. The number of carbonyl (C=O) groups excluding carboxylic acids is 3. The van der Waals surface area contributed by atoms with Crippen LogP contribution in [-0.4, -0.2) is 46.7 Å². The highest BCUT2D eigenvalue weighted by Crippen LogP contribution is 2.39. The second-order valence-electron chi connectivity index (χ2n) is 11.8. The third kappa shape index (κ3) is 4.88. The molecular formula is C30H37N5O3. The molecule has 2 bridgehead atoms. The van der Waals surface area contributed by atoms with Gasteiger partial charge in [-0.25, -0.2) is 4.98 Å². The average molecular weight is 516 g/mol. The summed E-state index contributed by atoms with van der Waals surface area (Å²) in [4.78, 5) is 45.0. The molecule has 0 radical (unpaired) electrons. The van der Waals surface area contributed by atoms with Crippen molar-refractivity contribution in [2.75, 3.05) is 10.2 Å². The number of hydrogen-bond acceptors (Lipinski definition) is 6. The van der Waals surface area contributed by atoms with Crippen molar-refractivity contribution in [2.45, 2.75) is 89.4 Å². The third-order valence-corrected chi connectivity index (χ3v) is 8.90. The Hall–Kier alpha value is -3.42. The molecule has 0 spiro atoms. The van der Waals surface area contributed by atoms with Crippen molar-refractivity contribution in [3.05, 3.63) is 52.7 Å². The number of anilines is 2. The molecule has 200 valence electrons. The van der Waals surface area contributed by atoms with Gasteiger partial charge in [0.15, 0.2) is 5.78 Å². The smallest absolute Gasteiger partial charge is 0.251 e. The van der Waals surface area contributed by atoms with Gasteiger partial charge in [0.1, 0.15) is 5.82 Å². The van der Waals surface area contributed by atoms with Gasteiger partial charge in [0.05, 0.1) is 5.56 Å². The molecule has 4 fully saturated rings. The molecule has 8 heteroatoms. The number of aryl methyl sites for hydroxylation is 1. The van der Waals surface area contributed by atoms with Crippen molar-refractivity contribution in [2.24, 2.45) is 17.6 Å². The Morgan fingerprint density at radius 1 is 1.00 bits per heavy atom. The lowest BCUT2D eigenvalue weighted by molar-refractivity contribution is 0.0923. The first kappa shape index (κ1) is 24.9. The quantitative estimate of drug-likeness (QED) is 0.431. The van der Waals surface area contributed by atoms with Crippen molar-refractivity contribution in [3.63, 3.8) is 0 Å². The van der Waals surface area contributed by atoms with Crippen molar-refractivity contribution in [3.8, 4) is 0 Å². The molecule has 2 aromatic rings. The number of hydrogen-bond donors (Lipinski definition) is 3. The lowest BCUT2D eigenvalue weighted by atomic mass is 9.95. The van der Waals surface area contributed by atoms with E-state index in [9.17, 15) is 14.4 Å². The summed E-state index contributed by atoms with van der Waals surface area (Å²) in [5.74, 6) is 1.33. The Balaban J connectivity index is 1.14. The standard InChI is InChI=1S/C30H37N5O3/c1-16-11-25(29(31)37)26(33-17(2)18-3-4-18)14-24(16)30(38)34-21-12-22-8-9-23(13-21)35(22)27-10-7-20(15-32-27)28(36)19-5-6-19/h7,10-11,14-15,17-19,21-23,33H,3-6,8-9,12-13H2,1-2H3,(H2,31,37)(H,34,38). The first-order valence-electron chi connectivity index (χ1n) is 14.1. The van der Waals surface area contributed by atoms with Crippen LogP contribution in [0.25, 0.3) is 0 Å². The number of nitrogens with two attached hydrogens (primary N) is 1. The van der Waals surface area contributed by atoms with Gasteiger partial charge in [0.25, 0.3) is 11.8 Å². The van der Waals surface area contributed by atoms with Crippen LogP contribution in [0.15, 0.2) is 30.5 Å². The number of rotatable bonds is 9. The Kier molecular flexibility index (Phi) is 6.36. The highest BCUT2D eigenvalue weighted by atomic mass is 16.2. The largest absolute Gasteiger partial charge is 0.382 e. The number of aromatic nitrogens is 1. The zero-order valence-corrected chi connectivity index (χ0v) is 22.2. The maximum absolute atomic E-state index is 13.4. The number of nitrogens with zero attached hydrogens (tertiary/aromatic N) is 2. The van der Waals surface area contributed by atoms with E-state index in [4.69, 9.17) is 5.73 Å². The molecule has 3 atom stereocenters. The van der Waals surface area contributed by atoms with E-state index in [2.05, 4.69) is 27.4 Å². The SMILES string of the molecule is Cc1cc(C(N)=O)c(NC(C)C2CC2)cc1C(=O)NC1CC2CCC(C1)N2c1ccc(C(=O)C2CC2)cn1. The van der Waals surface area contributed by atoms with E-state index >= 15 is 0 Å². The number of fused-ring (bicyclic) bond motifs is 2. The number of primary amides is 1. The number of amides is 2. The molecule has 2 amide bonds. The van der Waals surface area contributed by atoms with Gasteiger partial charge in [0, 0.05) is 53.1 Å². The Bertz CT molecular complexity index is 1250. The summed E-state index contributed by atoms with van der Waals surface area (Å²) < 4.78 is 0. The topological polar surface area (TPSA) is 117 Å². The normalized spacial score (nSPS) is 25.1. The molecule has 6 rings (SSSR count). The monoisotopic (exact) mass is 515 g/mol. The van der Waals surface area contributed by atoms with Crippen LogP contribution in [0.4, 0.5) is 11.5 Å². The molecule has 2 aliphatic carbocycles.